The third kappa shape index (κ3) is 1.80. The van der Waals surface area contributed by atoms with E-state index in [9.17, 15) is 5.11 Å². The maximum atomic E-state index is 10.5. The molecule has 0 spiro atoms. The summed E-state index contributed by atoms with van der Waals surface area (Å²) in [6.45, 7) is 4.15. The first-order valence-corrected chi connectivity index (χ1v) is 6.97. The number of hydrogen-bond acceptors (Lipinski definition) is 3. The number of hydrogen-bond donors (Lipinski definition) is 1. The highest BCUT2D eigenvalue weighted by atomic mass is 32.1. The second-order valence-electron chi connectivity index (χ2n) is 4.58. The van der Waals surface area contributed by atoms with Crippen molar-refractivity contribution < 1.29 is 5.11 Å². The van der Waals surface area contributed by atoms with Crippen LogP contribution in [0.3, 0.4) is 0 Å². The van der Waals surface area contributed by atoms with Crippen LogP contribution in [0, 0.1) is 6.92 Å². The Bertz CT molecular complexity index is 627. The van der Waals surface area contributed by atoms with E-state index in [-0.39, 0.29) is 0 Å². The Morgan fingerprint density at radius 3 is 2.94 bits per heavy atom. The van der Waals surface area contributed by atoms with Gasteiger partial charge in [0.2, 0.25) is 0 Å². The summed E-state index contributed by atoms with van der Waals surface area (Å²) in [4.78, 5) is 5.63. The Hall–Kier alpha value is -1.45. The summed E-state index contributed by atoms with van der Waals surface area (Å²) >= 11 is 1.67. The maximum absolute atomic E-state index is 10.5. The molecule has 0 saturated carbocycles. The molecule has 1 unspecified atom stereocenters. The summed E-state index contributed by atoms with van der Waals surface area (Å²) in [5.41, 5.74) is 4.04. The van der Waals surface area contributed by atoms with E-state index < -0.39 is 6.10 Å². The third-order valence-electron chi connectivity index (χ3n) is 3.24. The molecule has 1 N–H and O–H groups in total. The van der Waals surface area contributed by atoms with Crippen LogP contribution < -0.4 is 0 Å². The average molecular weight is 257 g/mol. The lowest BCUT2D eigenvalue weighted by molar-refractivity contribution is 0.215. The van der Waals surface area contributed by atoms with Crippen molar-refractivity contribution >= 4 is 23.5 Å². The van der Waals surface area contributed by atoms with Crippen LogP contribution in [0.5, 0.6) is 0 Å². The molecule has 0 fully saturated rings. The first-order valence-electron chi connectivity index (χ1n) is 6.15. The standard InChI is InChI=1S/C15H15NOS/c1-3-13-16-14-12(18-13)7-5-10-8-9(2)4-6-11(10)15(14)17/h4-8,15,17H,3H2,1-2H3. The van der Waals surface area contributed by atoms with Crippen molar-refractivity contribution in [2.45, 2.75) is 26.4 Å². The molecule has 0 aliphatic heterocycles. The van der Waals surface area contributed by atoms with E-state index in [0.717, 1.165) is 33.1 Å². The third-order valence-corrected chi connectivity index (χ3v) is 4.42. The number of nitrogens with zero attached hydrogens (tertiary/aromatic N) is 1. The summed E-state index contributed by atoms with van der Waals surface area (Å²) in [5, 5.41) is 11.6. The molecule has 0 amide bonds. The summed E-state index contributed by atoms with van der Waals surface area (Å²) < 4.78 is 0. The zero-order chi connectivity index (χ0) is 12.7. The number of aromatic nitrogens is 1. The second-order valence-corrected chi connectivity index (χ2v) is 5.69. The molecule has 1 aliphatic rings. The molecule has 3 rings (SSSR count). The lowest BCUT2D eigenvalue weighted by Crippen LogP contribution is -2.03. The molecule has 0 saturated heterocycles. The number of thiazole rings is 1. The quantitative estimate of drug-likeness (QED) is 0.847. The van der Waals surface area contributed by atoms with Crippen LogP contribution in [0.1, 0.15) is 45.3 Å². The van der Waals surface area contributed by atoms with Crippen molar-refractivity contribution in [2.75, 3.05) is 0 Å². The van der Waals surface area contributed by atoms with Gasteiger partial charge in [-0.1, -0.05) is 36.8 Å². The molecule has 18 heavy (non-hydrogen) atoms. The Kier molecular flexibility index (Phi) is 2.80. The van der Waals surface area contributed by atoms with Gasteiger partial charge in [-0.15, -0.1) is 11.3 Å². The predicted octanol–water partition coefficient (Wildman–Crippen LogP) is 3.58. The van der Waals surface area contributed by atoms with Gasteiger partial charge < -0.3 is 5.11 Å². The molecule has 0 radical (unpaired) electrons. The van der Waals surface area contributed by atoms with Gasteiger partial charge in [-0.25, -0.2) is 4.98 Å². The van der Waals surface area contributed by atoms with Crippen LogP contribution in [-0.2, 0) is 6.42 Å². The van der Waals surface area contributed by atoms with Gasteiger partial charge >= 0.3 is 0 Å². The largest absolute Gasteiger partial charge is 0.382 e. The SMILES string of the molecule is CCc1nc2c(s1)C=Cc1cc(C)ccc1C2O. The van der Waals surface area contributed by atoms with Gasteiger partial charge in [-0.3, -0.25) is 0 Å². The first-order chi connectivity index (χ1) is 8.69. The lowest BCUT2D eigenvalue weighted by Gasteiger charge is -2.11. The van der Waals surface area contributed by atoms with Gasteiger partial charge in [-0.05, 0) is 30.5 Å². The van der Waals surface area contributed by atoms with Crippen LogP contribution in [0.2, 0.25) is 0 Å². The summed E-state index contributed by atoms with van der Waals surface area (Å²) in [5.74, 6) is 0. The van der Waals surface area contributed by atoms with E-state index in [1.54, 1.807) is 11.3 Å². The van der Waals surface area contributed by atoms with Gasteiger partial charge in [-0.2, -0.15) is 0 Å². The topological polar surface area (TPSA) is 33.1 Å². The van der Waals surface area contributed by atoms with E-state index in [1.807, 2.05) is 12.1 Å². The molecular formula is C15H15NOS. The number of aryl methyl sites for hydroxylation is 2. The fourth-order valence-electron chi connectivity index (χ4n) is 2.26. The van der Waals surface area contributed by atoms with Gasteiger partial charge in [0.1, 0.15) is 6.10 Å². The Morgan fingerprint density at radius 1 is 1.33 bits per heavy atom. The van der Waals surface area contributed by atoms with Gasteiger partial charge in [0.05, 0.1) is 15.6 Å². The molecule has 1 atom stereocenters. The monoisotopic (exact) mass is 257 g/mol. The Balaban J connectivity index is 2.17. The molecule has 1 aliphatic carbocycles. The van der Waals surface area contributed by atoms with Crippen molar-refractivity contribution in [3.8, 4) is 0 Å². The molecule has 3 heteroatoms. The van der Waals surface area contributed by atoms with Gasteiger partial charge in [0.25, 0.3) is 0 Å². The van der Waals surface area contributed by atoms with E-state index in [0.29, 0.717) is 0 Å². The van der Waals surface area contributed by atoms with Gasteiger partial charge in [0.15, 0.2) is 0 Å². The molecular weight excluding hydrogens is 242 g/mol. The highest BCUT2D eigenvalue weighted by Crippen LogP contribution is 2.35. The van der Waals surface area contributed by atoms with Crippen molar-refractivity contribution in [3.05, 3.63) is 50.5 Å². The smallest absolute Gasteiger partial charge is 0.123 e. The minimum atomic E-state index is -0.609. The minimum absolute atomic E-state index is 0.609. The van der Waals surface area contributed by atoms with Crippen LogP contribution in [-0.4, -0.2) is 10.1 Å². The molecule has 0 bridgehead atoms. The normalized spacial score (nSPS) is 17.2. The van der Waals surface area contributed by atoms with Crippen molar-refractivity contribution in [2.24, 2.45) is 0 Å². The van der Waals surface area contributed by atoms with E-state index in [1.165, 1.54) is 5.56 Å². The molecule has 1 aromatic heterocycles. The fourth-order valence-corrected chi connectivity index (χ4v) is 3.20. The number of aliphatic hydroxyl groups is 1. The number of aliphatic hydroxyl groups excluding tert-OH is 1. The van der Waals surface area contributed by atoms with Crippen LogP contribution in [0.4, 0.5) is 0 Å². The Labute approximate surface area is 111 Å². The maximum Gasteiger partial charge on any atom is 0.123 e. The van der Waals surface area contributed by atoms with Crippen LogP contribution >= 0.6 is 11.3 Å². The van der Waals surface area contributed by atoms with E-state index >= 15 is 0 Å². The molecule has 92 valence electrons. The summed E-state index contributed by atoms with van der Waals surface area (Å²) in [7, 11) is 0. The minimum Gasteiger partial charge on any atom is -0.382 e. The van der Waals surface area contributed by atoms with Crippen molar-refractivity contribution in [1.82, 2.24) is 4.98 Å². The molecule has 1 heterocycles. The molecule has 1 aromatic carbocycles. The number of rotatable bonds is 1. The predicted molar refractivity (Wildman–Crippen MR) is 75.7 cm³/mol. The highest BCUT2D eigenvalue weighted by molar-refractivity contribution is 7.12. The summed E-state index contributed by atoms with van der Waals surface area (Å²) in [6, 6.07) is 6.14. The van der Waals surface area contributed by atoms with E-state index in [2.05, 4.69) is 37.0 Å². The van der Waals surface area contributed by atoms with Crippen LogP contribution in [0.15, 0.2) is 18.2 Å². The molecule has 2 aromatic rings. The molecule has 2 nitrogen and oxygen atoms in total. The lowest BCUT2D eigenvalue weighted by atomic mass is 10.00. The second kappa shape index (κ2) is 4.34. The zero-order valence-electron chi connectivity index (χ0n) is 10.5. The summed E-state index contributed by atoms with van der Waals surface area (Å²) in [6.07, 6.45) is 4.46. The van der Waals surface area contributed by atoms with Crippen molar-refractivity contribution in [3.63, 3.8) is 0 Å². The van der Waals surface area contributed by atoms with Crippen LogP contribution in [0.25, 0.3) is 12.2 Å². The van der Waals surface area contributed by atoms with E-state index in [4.69, 9.17) is 0 Å². The fraction of sp³-hybridized carbons (Fsp3) is 0.267. The van der Waals surface area contributed by atoms with Gasteiger partial charge in [0, 0.05) is 0 Å². The Morgan fingerprint density at radius 2 is 2.17 bits per heavy atom. The zero-order valence-corrected chi connectivity index (χ0v) is 11.3. The highest BCUT2D eigenvalue weighted by Gasteiger charge is 2.22. The number of benzene rings is 1. The average Bonchev–Trinajstić information content (AvgIpc) is 2.74. The first kappa shape index (κ1) is 11.6. The number of fused-ring (bicyclic) bond motifs is 2. The van der Waals surface area contributed by atoms with Crippen molar-refractivity contribution in [1.29, 1.82) is 0 Å².